The lowest BCUT2D eigenvalue weighted by molar-refractivity contribution is 0.283. The molecule has 4 heteroatoms. The Balaban J connectivity index is 2.72. The van der Waals surface area contributed by atoms with Gasteiger partial charge in [0, 0.05) is 23.3 Å². The van der Waals surface area contributed by atoms with Gasteiger partial charge < -0.3 is 14.6 Å². The van der Waals surface area contributed by atoms with E-state index in [0.717, 1.165) is 16.3 Å². The summed E-state index contributed by atoms with van der Waals surface area (Å²) in [6.07, 6.45) is 3.38. The zero-order valence-electron chi connectivity index (χ0n) is 9.23. The van der Waals surface area contributed by atoms with Crippen molar-refractivity contribution in [3.05, 3.63) is 30.1 Å². The average Bonchev–Trinajstić information content (AvgIpc) is 2.36. The molecule has 1 N–H and O–H groups in total. The third-order valence-electron chi connectivity index (χ3n) is 2.52. The molecule has 0 amide bonds. The number of aromatic nitrogens is 1. The van der Waals surface area contributed by atoms with Gasteiger partial charge in [-0.2, -0.15) is 0 Å². The van der Waals surface area contributed by atoms with E-state index < -0.39 is 0 Å². The van der Waals surface area contributed by atoms with Crippen molar-refractivity contribution in [3.8, 4) is 11.5 Å². The normalized spacial score (nSPS) is 10.4. The summed E-state index contributed by atoms with van der Waals surface area (Å²) in [5.74, 6) is 1.31. The van der Waals surface area contributed by atoms with Crippen LogP contribution in [0.4, 0.5) is 0 Å². The molecule has 0 bridgehead atoms. The maximum Gasteiger partial charge on any atom is 0.161 e. The number of rotatable bonds is 3. The summed E-state index contributed by atoms with van der Waals surface area (Å²) in [5.41, 5.74) is 0.776. The van der Waals surface area contributed by atoms with E-state index in [9.17, 15) is 5.11 Å². The van der Waals surface area contributed by atoms with Crippen molar-refractivity contribution in [3.63, 3.8) is 0 Å². The second-order valence-corrected chi connectivity index (χ2v) is 3.39. The van der Waals surface area contributed by atoms with Crippen molar-refractivity contribution in [2.24, 2.45) is 0 Å². The van der Waals surface area contributed by atoms with Crippen LogP contribution in [-0.2, 0) is 6.61 Å². The van der Waals surface area contributed by atoms with Gasteiger partial charge >= 0.3 is 0 Å². The number of aliphatic hydroxyl groups excluding tert-OH is 1. The number of aliphatic hydroxyl groups is 1. The first kappa shape index (κ1) is 10.7. The predicted molar refractivity (Wildman–Crippen MR) is 60.8 cm³/mol. The Labute approximate surface area is 93.4 Å². The Hall–Kier alpha value is -1.81. The van der Waals surface area contributed by atoms with E-state index in [2.05, 4.69) is 4.98 Å². The Morgan fingerprint density at radius 1 is 1.12 bits per heavy atom. The third kappa shape index (κ3) is 1.67. The second kappa shape index (κ2) is 4.37. The minimum absolute atomic E-state index is 0.0418. The van der Waals surface area contributed by atoms with Gasteiger partial charge in [-0.1, -0.05) is 0 Å². The fourth-order valence-electron chi connectivity index (χ4n) is 1.68. The van der Waals surface area contributed by atoms with Gasteiger partial charge in [-0.05, 0) is 17.5 Å². The molecule has 1 aromatic heterocycles. The summed E-state index contributed by atoms with van der Waals surface area (Å²) in [5, 5.41) is 11.1. The summed E-state index contributed by atoms with van der Waals surface area (Å²) in [4.78, 5) is 4.06. The van der Waals surface area contributed by atoms with Gasteiger partial charge in [0.15, 0.2) is 11.5 Å². The molecule has 84 valence electrons. The zero-order chi connectivity index (χ0) is 11.5. The first-order chi connectivity index (χ1) is 7.80. The van der Waals surface area contributed by atoms with Gasteiger partial charge in [-0.25, -0.2) is 0 Å². The zero-order valence-corrected chi connectivity index (χ0v) is 9.23. The molecule has 16 heavy (non-hydrogen) atoms. The summed E-state index contributed by atoms with van der Waals surface area (Å²) in [6, 6.07) is 3.70. The van der Waals surface area contributed by atoms with Crippen LogP contribution in [0.25, 0.3) is 10.8 Å². The van der Waals surface area contributed by atoms with Crippen molar-refractivity contribution in [1.29, 1.82) is 0 Å². The van der Waals surface area contributed by atoms with Crippen LogP contribution in [0.3, 0.4) is 0 Å². The van der Waals surface area contributed by atoms with E-state index in [1.165, 1.54) is 0 Å². The monoisotopic (exact) mass is 219 g/mol. The fourth-order valence-corrected chi connectivity index (χ4v) is 1.68. The van der Waals surface area contributed by atoms with E-state index in [4.69, 9.17) is 9.47 Å². The van der Waals surface area contributed by atoms with Gasteiger partial charge in [0.2, 0.25) is 0 Å². The number of benzene rings is 1. The number of hydrogen-bond acceptors (Lipinski definition) is 4. The van der Waals surface area contributed by atoms with Crippen molar-refractivity contribution in [2.45, 2.75) is 6.61 Å². The standard InChI is InChI=1S/C12H13NO3/c1-15-11-3-8-5-13-6-9(7-14)10(8)4-12(11)16-2/h3-6,14H,7H2,1-2H3. The van der Waals surface area contributed by atoms with E-state index >= 15 is 0 Å². The van der Waals surface area contributed by atoms with Crippen LogP contribution in [-0.4, -0.2) is 24.3 Å². The first-order valence-electron chi connectivity index (χ1n) is 4.89. The number of nitrogens with zero attached hydrogens (tertiary/aromatic N) is 1. The van der Waals surface area contributed by atoms with Gasteiger partial charge in [0.1, 0.15) is 0 Å². The number of hydrogen-bond donors (Lipinski definition) is 1. The highest BCUT2D eigenvalue weighted by Crippen LogP contribution is 2.33. The predicted octanol–water partition coefficient (Wildman–Crippen LogP) is 1.74. The molecule has 1 heterocycles. The highest BCUT2D eigenvalue weighted by atomic mass is 16.5. The largest absolute Gasteiger partial charge is 0.493 e. The molecule has 0 atom stereocenters. The minimum Gasteiger partial charge on any atom is -0.493 e. The topological polar surface area (TPSA) is 51.6 Å². The molecule has 0 aliphatic rings. The highest BCUT2D eigenvalue weighted by molar-refractivity contribution is 5.88. The number of methoxy groups -OCH3 is 2. The third-order valence-corrected chi connectivity index (χ3v) is 2.52. The number of ether oxygens (including phenoxy) is 2. The molecule has 0 saturated heterocycles. The Morgan fingerprint density at radius 3 is 2.44 bits per heavy atom. The highest BCUT2D eigenvalue weighted by Gasteiger charge is 2.08. The van der Waals surface area contributed by atoms with Gasteiger partial charge in [0.05, 0.1) is 20.8 Å². The maximum atomic E-state index is 9.21. The van der Waals surface area contributed by atoms with E-state index in [0.29, 0.717) is 11.5 Å². The van der Waals surface area contributed by atoms with Crippen LogP contribution < -0.4 is 9.47 Å². The van der Waals surface area contributed by atoms with Gasteiger partial charge in [0.25, 0.3) is 0 Å². The van der Waals surface area contributed by atoms with E-state index in [1.807, 2.05) is 12.1 Å². The Kier molecular flexibility index (Phi) is 2.92. The molecular formula is C12H13NO3. The van der Waals surface area contributed by atoms with Crippen molar-refractivity contribution in [2.75, 3.05) is 14.2 Å². The van der Waals surface area contributed by atoms with Gasteiger partial charge in [-0.15, -0.1) is 0 Å². The molecule has 0 saturated carbocycles. The lowest BCUT2D eigenvalue weighted by Gasteiger charge is -2.10. The minimum atomic E-state index is -0.0418. The fraction of sp³-hybridized carbons (Fsp3) is 0.250. The number of fused-ring (bicyclic) bond motifs is 1. The van der Waals surface area contributed by atoms with E-state index in [-0.39, 0.29) is 6.61 Å². The molecule has 2 rings (SSSR count). The molecule has 0 unspecified atom stereocenters. The van der Waals surface area contributed by atoms with Crippen molar-refractivity contribution >= 4 is 10.8 Å². The van der Waals surface area contributed by atoms with Crippen LogP contribution in [0, 0.1) is 0 Å². The molecule has 1 aromatic carbocycles. The average molecular weight is 219 g/mol. The molecule has 0 aliphatic heterocycles. The van der Waals surface area contributed by atoms with Crippen LogP contribution in [0.15, 0.2) is 24.5 Å². The second-order valence-electron chi connectivity index (χ2n) is 3.39. The lowest BCUT2D eigenvalue weighted by Crippen LogP contribution is -1.93. The Morgan fingerprint density at radius 2 is 1.81 bits per heavy atom. The smallest absolute Gasteiger partial charge is 0.161 e. The van der Waals surface area contributed by atoms with Gasteiger partial charge in [-0.3, -0.25) is 4.98 Å². The molecule has 0 spiro atoms. The first-order valence-corrected chi connectivity index (χ1v) is 4.89. The quantitative estimate of drug-likeness (QED) is 0.854. The van der Waals surface area contributed by atoms with E-state index in [1.54, 1.807) is 26.6 Å². The molecule has 0 fully saturated rings. The van der Waals surface area contributed by atoms with Crippen LogP contribution in [0.1, 0.15) is 5.56 Å². The summed E-state index contributed by atoms with van der Waals surface area (Å²) < 4.78 is 10.4. The lowest BCUT2D eigenvalue weighted by atomic mass is 10.1. The summed E-state index contributed by atoms with van der Waals surface area (Å²) in [6.45, 7) is -0.0418. The summed E-state index contributed by atoms with van der Waals surface area (Å²) >= 11 is 0. The molecule has 4 nitrogen and oxygen atoms in total. The Bertz CT molecular complexity index is 511. The molecule has 0 radical (unpaired) electrons. The molecule has 0 aliphatic carbocycles. The SMILES string of the molecule is COc1cc2cncc(CO)c2cc1OC. The molecule has 2 aromatic rings. The maximum absolute atomic E-state index is 9.21. The van der Waals surface area contributed by atoms with Crippen molar-refractivity contribution in [1.82, 2.24) is 4.98 Å². The number of pyridine rings is 1. The van der Waals surface area contributed by atoms with Crippen LogP contribution in [0.2, 0.25) is 0 Å². The summed E-state index contributed by atoms with van der Waals surface area (Å²) in [7, 11) is 3.18. The molecular weight excluding hydrogens is 206 g/mol. The van der Waals surface area contributed by atoms with Crippen LogP contribution in [0.5, 0.6) is 11.5 Å². The van der Waals surface area contributed by atoms with Crippen molar-refractivity contribution < 1.29 is 14.6 Å². The van der Waals surface area contributed by atoms with Crippen LogP contribution >= 0.6 is 0 Å².